The molecule has 0 bridgehead atoms. The molecule has 0 fully saturated rings. The lowest BCUT2D eigenvalue weighted by molar-refractivity contribution is -0.150. The maximum absolute atomic E-state index is 14.9. The van der Waals surface area contributed by atoms with Crippen molar-refractivity contribution >= 4 is 34.4 Å². The fourth-order valence-corrected chi connectivity index (χ4v) is 6.52. The molecule has 2 aromatic heterocycles. The number of fused-ring (bicyclic) bond motifs is 3. The second-order valence-corrected chi connectivity index (χ2v) is 11.5. The zero-order valence-electron chi connectivity index (χ0n) is 26.6. The molecule has 0 amide bonds. The average molecular weight is 617 g/mol. The number of Topliss-reactive ketones (excluding diaryl/α,β-unsaturated/α-hetero) is 1. The number of para-hydroxylation sites is 1. The third-order valence-electron chi connectivity index (χ3n) is 8.51. The van der Waals surface area contributed by atoms with E-state index in [9.17, 15) is 14.4 Å². The van der Waals surface area contributed by atoms with Crippen LogP contribution in [0.4, 0.5) is 5.69 Å². The summed E-state index contributed by atoms with van der Waals surface area (Å²) < 4.78 is 13.0. The van der Waals surface area contributed by atoms with Gasteiger partial charge in [-0.05, 0) is 56.2 Å². The summed E-state index contributed by atoms with van der Waals surface area (Å²) in [6.45, 7) is 5.49. The Morgan fingerprint density at radius 2 is 1.41 bits per heavy atom. The van der Waals surface area contributed by atoms with Crippen molar-refractivity contribution in [1.82, 2.24) is 14.8 Å². The molecular weight excluding hydrogens is 580 g/mol. The second kappa shape index (κ2) is 12.6. The number of aromatic nitrogens is 3. The number of ketones is 1. The van der Waals surface area contributed by atoms with Crippen LogP contribution in [0.1, 0.15) is 52.9 Å². The van der Waals surface area contributed by atoms with Crippen molar-refractivity contribution in [3.8, 4) is 16.9 Å². The Bertz CT molecular complexity index is 1920. The highest BCUT2D eigenvalue weighted by atomic mass is 16.5. The van der Waals surface area contributed by atoms with Crippen LogP contribution in [0.3, 0.4) is 0 Å². The topological polar surface area (TPSA) is 104 Å². The van der Waals surface area contributed by atoms with Gasteiger partial charge in [0.1, 0.15) is 5.92 Å². The first-order valence-electron chi connectivity index (χ1n) is 15.5. The van der Waals surface area contributed by atoms with Crippen LogP contribution in [0.15, 0.2) is 84.9 Å². The van der Waals surface area contributed by atoms with Crippen molar-refractivity contribution in [3.05, 3.63) is 107 Å². The van der Waals surface area contributed by atoms with Gasteiger partial charge in [0.15, 0.2) is 11.4 Å². The molecular formula is C37H36N4O5. The fourth-order valence-electron chi connectivity index (χ4n) is 6.52. The predicted molar refractivity (Wildman–Crippen MR) is 176 cm³/mol. The first kappa shape index (κ1) is 30.7. The summed E-state index contributed by atoms with van der Waals surface area (Å²) in [4.78, 5) is 50.0. The Kier molecular flexibility index (Phi) is 8.41. The second-order valence-electron chi connectivity index (χ2n) is 11.5. The van der Waals surface area contributed by atoms with Gasteiger partial charge in [-0.15, -0.1) is 0 Å². The van der Waals surface area contributed by atoms with Gasteiger partial charge in [0.25, 0.3) is 0 Å². The Morgan fingerprint density at radius 3 is 2.00 bits per heavy atom. The summed E-state index contributed by atoms with van der Waals surface area (Å²) in [6, 6.07) is 26.5. The van der Waals surface area contributed by atoms with Gasteiger partial charge in [0, 0.05) is 42.2 Å². The maximum Gasteiger partial charge on any atom is 0.317 e. The van der Waals surface area contributed by atoms with Crippen molar-refractivity contribution in [2.24, 2.45) is 5.92 Å². The van der Waals surface area contributed by atoms with Gasteiger partial charge in [-0.25, -0.2) is 9.67 Å². The van der Waals surface area contributed by atoms with Crippen LogP contribution in [0.25, 0.3) is 28.0 Å². The zero-order chi connectivity index (χ0) is 32.5. The minimum atomic E-state index is -1.30. The number of hydrogen-bond acceptors (Lipinski definition) is 8. The normalized spacial score (nSPS) is 17.4. The van der Waals surface area contributed by atoms with Crippen LogP contribution in [-0.4, -0.2) is 59.8 Å². The van der Waals surface area contributed by atoms with E-state index in [4.69, 9.17) is 19.6 Å². The van der Waals surface area contributed by atoms with E-state index in [-0.39, 0.29) is 18.8 Å². The van der Waals surface area contributed by atoms with Gasteiger partial charge in [0.05, 0.1) is 36.2 Å². The fraction of sp³-hybridized carbons (Fsp3) is 0.270. The number of aryl methyl sites for hydroxylation is 1. The molecule has 0 unspecified atom stereocenters. The van der Waals surface area contributed by atoms with Gasteiger partial charge in [-0.2, -0.15) is 5.10 Å². The molecule has 0 aliphatic heterocycles. The van der Waals surface area contributed by atoms with Crippen molar-refractivity contribution in [3.63, 3.8) is 0 Å². The monoisotopic (exact) mass is 616 g/mol. The van der Waals surface area contributed by atoms with Crippen LogP contribution in [0.2, 0.25) is 0 Å². The van der Waals surface area contributed by atoms with E-state index in [1.165, 1.54) is 0 Å². The summed E-state index contributed by atoms with van der Waals surface area (Å²) in [6.07, 6.45) is 0. The molecule has 1 aliphatic carbocycles. The molecule has 1 aliphatic rings. The van der Waals surface area contributed by atoms with Crippen LogP contribution in [0.5, 0.6) is 0 Å². The quantitative estimate of drug-likeness (QED) is 0.149. The van der Waals surface area contributed by atoms with E-state index in [2.05, 4.69) is 0 Å². The minimum Gasteiger partial charge on any atom is -0.466 e. The third kappa shape index (κ3) is 5.21. The molecule has 6 rings (SSSR count). The summed E-state index contributed by atoms with van der Waals surface area (Å²) in [5, 5.41) is 5.46. The highest BCUT2D eigenvalue weighted by Gasteiger charge is 2.53. The van der Waals surface area contributed by atoms with Gasteiger partial charge >= 0.3 is 11.9 Å². The van der Waals surface area contributed by atoms with Gasteiger partial charge < -0.3 is 14.4 Å². The van der Waals surface area contributed by atoms with E-state index >= 15 is 0 Å². The standard InChI is InChI=1S/C37H36N4O5/c1-6-45-36(43)30-28(23-14-10-8-11-15-23)32(37(44)46-7-2)34(42)31-29(30)27-22(3)39-41(26-16-12-9-13-17-26)35(27)38-33(31)24-18-20-25(21-19-24)40(4)5/h8-21,28,30,32H,6-7H2,1-5H3/t28-,30+,32-/m0/s1. The molecule has 9 nitrogen and oxygen atoms in total. The molecule has 9 heteroatoms. The van der Waals surface area contributed by atoms with Crippen LogP contribution in [0, 0.1) is 12.8 Å². The van der Waals surface area contributed by atoms with E-state index in [1.54, 1.807) is 18.5 Å². The SMILES string of the molecule is CCOC(=O)[C@@H]1C(=O)c2c(-c3ccc(N(C)C)cc3)nc3c(c(C)nn3-c3ccccc3)c2[C@H](C(=O)OCC)[C@@H]1c1ccccc1. The van der Waals surface area contributed by atoms with Crippen molar-refractivity contribution in [1.29, 1.82) is 0 Å². The van der Waals surface area contributed by atoms with Crippen LogP contribution < -0.4 is 4.90 Å². The lowest BCUT2D eigenvalue weighted by atomic mass is 9.64. The molecule has 0 N–H and O–H groups in total. The van der Waals surface area contributed by atoms with E-state index in [1.807, 2.05) is 111 Å². The summed E-state index contributed by atoms with van der Waals surface area (Å²) in [7, 11) is 3.90. The molecule has 3 atom stereocenters. The highest BCUT2D eigenvalue weighted by Crippen LogP contribution is 2.51. The Hall–Kier alpha value is -5.31. The lowest BCUT2D eigenvalue weighted by Gasteiger charge is -2.37. The Balaban J connectivity index is 1.76. The van der Waals surface area contributed by atoms with Crippen molar-refractivity contribution in [2.45, 2.75) is 32.6 Å². The molecule has 0 saturated carbocycles. The minimum absolute atomic E-state index is 0.0835. The highest BCUT2D eigenvalue weighted by molar-refractivity contribution is 6.18. The van der Waals surface area contributed by atoms with E-state index in [0.717, 1.165) is 11.4 Å². The molecule has 3 aromatic carbocycles. The summed E-state index contributed by atoms with van der Waals surface area (Å²) >= 11 is 0. The van der Waals surface area contributed by atoms with Gasteiger partial charge in [-0.3, -0.25) is 14.4 Å². The number of hydrogen-bond donors (Lipinski definition) is 0. The number of carbonyl (C=O) groups excluding carboxylic acids is 3. The summed E-state index contributed by atoms with van der Waals surface area (Å²) in [5.41, 5.74) is 5.21. The first-order chi connectivity index (χ1) is 22.3. The number of rotatable bonds is 8. The molecule has 0 saturated heterocycles. The number of esters is 2. The number of carbonyl (C=O) groups is 3. The molecule has 2 heterocycles. The van der Waals surface area contributed by atoms with Gasteiger partial charge in [-0.1, -0.05) is 60.7 Å². The number of anilines is 1. The average Bonchev–Trinajstić information content (AvgIpc) is 3.41. The van der Waals surface area contributed by atoms with Crippen LogP contribution in [-0.2, 0) is 19.1 Å². The predicted octanol–water partition coefficient (Wildman–Crippen LogP) is 6.27. The zero-order valence-corrected chi connectivity index (χ0v) is 26.6. The van der Waals surface area contributed by atoms with Crippen LogP contribution >= 0.6 is 0 Å². The molecule has 0 spiro atoms. The van der Waals surface area contributed by atoms with Gasteiger partial charge in [0.2, 0.25) is 0 Å². The van der Waals surface area contributed by atoms with Crippen molar-refractivity contribution in [2.75, 3.05) is 32.2 Å². The lowest BCUT2D eigenvalue weighted by Crippen LogP contribution is -2.43. The molecule has 5 aromatic rings. The first-order valence-corrected chi connectivity index (χ1v) is 15.5. The number of benzene rings is 3. The Morgan fingerprint density at radius 1 is 0.826 bits per heavy atom. The van der Waals surface area contributed by atoms with E-state index in [0.29, 0.717) is 39.1 Å². The smallest absolute Gasteiger partial charge is 0.317 e. The maximum atomic E-state index is 14.9. The number of pyridine rings is 1. The largest absolute Gasteiger partial charge is 0.466 e. The van der Waals surface area contributed by atoms with E-state index < -0.39 is 35.5 Å². The molecule has 46 heavy (non-hydrogen) atoms. The molecule has 234 valence electrons. The van der Waals surface area contributed by atoms with Crippen molar-refractivity contribution < 1.29 is 23.9 Å². The Labute approximate surface area is 267 Å². The summed E-state index contributed by atoms with van der Waals surface area (Å²) in [5.74, 6) is -4.88. The third-order valence-corrected chi connectivity index (χ3v) is 8.51. The molecule has 0 radical (unpaired) electrons. The number of nitrogens with zero attached hydrogens (tertiary/aromatic N) is 4. The number of ether oxygens (including phenoxy) is 2.